The van der Waals surface area contributed by atoms with Crippen molar-refractivity contribution in [2.75, 3.05) is 5.32 Å². The van der Waals surface area contributed by atoms with Crippen LogP contribution >= 0.6 is 0 Å². The van der Waals surface area contributed by atoms with Crippen molar-refractivity contribution < 1.29 is 14.7 Å². The Labute approximate surface area is 124 Å². The van der Waals surface area contributed by atoms with E-state index < -0.39 is 5.97 Å². The first-order chi connectivity index (χ1) is 9.88. The number of nitrogens with one attached hydrogen (secondary N) is 1. The van der Waals surface area contributed by atoms with Crippen LogP contribution in [0.2, 0.25) is 0 Å². The maximum absolute atomic E-state index is 12.4. The molecule has 1 aromatic heterocycles. The van der Waals surface area contributed by atoms with Crippen LogP contribution in [-0.2, 0) is 16.0 Å². The molecule has 21 heavy (non-hydrogen) atoms. The van der Waals surface area contributed by atoms with Crippen molar-refractivity contribution in [3.05, 3.63) is 24.0 Å². The van der Waals surface area contributed by atoms with E-state index in [2.05, 4.69) is 24.1 Å². The highest BCUT2D eigenvalue weighted by Crippen LogP contribution is 2.40. The SMILES string of the molecule is CC1(C)CCCCC1C(=O)Nc1ccc(CC(=O)O)nc1. The van der Waals surface area contributed by atoms with Gasteiger partial charge in [-0.05, 0) is 30.4 Å². The first-order valence-electron chi connectivity index (χ1n) is 7.36. The number of carboxylic acids is 1. The molecule has 1 aliphatic carbocycles. The molecule has 0 spiro atoms. The van der Waals surface area contributed by atoms with Crippen molar-refractivity contribution in [3.63, 3.8) is 0 Å². The lowest BCUT2D eigenvalue weighted by atomic mass is 9.68. The molecule has 0 bridgehead atoms. The number of aliphatic carboxylic acids is 1. The van der Waals surface area contributed by atoms with E-state index in [0.717, 1.165) is 19.3 Å². The Morgan fingerprint density at radius 2 is 2.14 bits per heavy atom. The summed E-state index contributed by atoms with van der Waals surface area (Å²) in [4.78, 5) is 27.1. The summed E-state index contributed by atoms with van der Waals surface area (Å²) >= 11 is 0. The van der Waals surface area contributed by atoms with Gasteiger partial charge in [-0.1, -0.05) is 26.7 Å². The van der Waals surface area contributed by atoms with Gasteiger partial charge in [-0.3, -0.25) is 14.6 Å². The zero-order valence-electron chi connectivity index (χ0n) is 12.6. The van der Waals surface area contributed by atoms with Crippen LogP contribution in [0.25, 0.3) is 0 Å². The minimum atomic E-state index is -0.914. The van der Waals surface area contributed by atoms with Crippen molar-refractivity contribution in [2.45, 2.75) is 46.0 Å². The van der Waals surface area contributed by atoms with E-state index in [4.69, 9.17) is 5.11 Å². The summed E-state index contributed by atoms with van der Waals surface area (Å²) in [5, 5.41) is 11.6. The van der Waals surface area contributed by atoms with Crippen molar-refractivity contribution >= 4 is 17.6 Å². The van der Waals surface area contributed by atoms with Crippen molar-refractivity contribution in [1.29, 1.82) is 0 Å². The average molecular weight is 290 g/mol. The highest BCUT2D eigenvalue weighted by atomic mass is 16.4. The van der Waals surface area contributed by atoms with Gasteiger partial charge in [-0.25, -0.2) is 0 Å². The first-order valence-corrected chi connectivity index (χ1v) is 7.36. The van der Waals surface area contributed by atoms with E-state index in [9.17, 15) is 9.59 Å². The summed E-state index contributed by atoms with van der Waals surface area (Å²) in [5.74, 6) is -0.860. The quantitative estimate of drug-likeness (QED) is 0.893. The van der Waals surface area contributed by atoms with Crippen LogP contribution in [0, 0.1) is 11.3 Å². The van der Waals surface area contributed by atoms with Gasteiger partial charge in [0.2, 0.25) is 5.91 Å². The van der Waals surface area contributed by atoms with Crippen LogP contribution < -0.4 is 5.32 Å². The molecular weight excluding hydrogens is 268 g/mol. The third-order valence-corrected chi connectivity index (χ3v) is 4.25. The molecule has 0 radical (unpaired) electrons. The molecule has 0 aliphatic heterocycles. The topological polar surface area (TPSA) is 79.3 Å². The largest absolute Gasteiger partial charge is 0.481 e. The lowest BCUT2D eigenvalue weighted by Crippen LogP contribution is -2.37. The van der Waals surface area contributed by atoms with E-state index in [1.54, 1.807) is 12.1 Å². The predicted octanol–water partition coefficient (Wildman–Crippen LogP) is 2.86. The molecule has 1 fully saturated rings. The van der Waals surface area contributed by atoms with Crippen LogP contribution in [0.5, 0.6) is 0 Å². The summed E-state index contributed by atoms with van der Waals surface area (Å²) in [5.41, 5.74) is 1.13. The third kappa shape index (κ3) is 4.03. The molecule has 1 unspecified atom stereocenters. The highest BCUT2D eigenvalue weighted by molar-refractivity contribution is 5.93. The normalized spacial score (nSPS) is 20.8. The van der Waals surface area contributed by atoms with Crippen LogP contribution in [-0.4, -0.2) is 22.0 Å². The van der Waals surface area contributed by atoms with Gasteiger partial charge in [0.25, 0.3) is 0 Å². The van der Waals surface area contributed by atoms with E-state index in [-0.39, 0.29) is 23.7 Å². The first kappa shape index (κ1) is 15.5. The molecule has 0 aromatic carbocycles. The molecule has 2 N–H and O–H groups in total. The second kappa shape index (κ2) is 6.24. The standard InChI is InChI=1S/C16H22N2O3/c1-16(2)8-4-3-5-13(16)15(21)18-12-7-6-11(17-10-12)9-14(19)20/h6-7,10,13H,3-5,8-9H2,1-2H3,(H,18,21)(H,19,20). The van der Waals surface area contributed by atoms with Crippen LogP contribution in [0.15, 0.2) is 18.3 Å². The van der Waals surface area contributed by atoms with E-state index in [0.29, 0.717) is 11.4 Å². The number of nitrogens with zero attached hydrogens (tertiary/aromatic N) is 1. The monoisotopic (exact) mass is 290 g/mol. The lowest BCUT2D eigenvalue weighted by Gasteiger charge is -2.37. The van der Waals surface area contributed by atoms with Crippen molar-refractivity contribution in [1.82, 2.24) is 4.98 Å². The zero-order valence-corrected chi connectivity index (χ0v) is 12.6. The number of hydrogen-bond donors (Lipinski definition) is 2. The highest BCUT2D eigenvalue weighted by Gasteiger charge is 2.37. The molecule has 1 aliphatic rings. The molecule has 5 heteroatoms. The maximum Gasteiger partial charge on any atom is 0.309 e. The number of amides is 1. The van der Waals surface area contributed by atoms with Crippen LogP contribution in [0.4, 0.5) is 5.69 Å². The fraction of sp³-hybridized carbons (Fsp3) is 0.562. The summed E-state index contributed by atoms with van der Waals surface area (Å²) in [6.07, 6.45) is 5.68. The lowest BCUT2D eigenvalue weighted by molar-refractivity contribution is -0.136. The number of pyridine rings is 1. The molecule has 2 rings (SSSR count). The second-order valence-corrected chi connectivity index (χ2v) is 6.38. The number of carboxylic acid groups (broad SMARTS) is 1. The van der Waals surface area contributed by atoms with Gasteiger partial charge in [-0.15, -0.1) is 0 Å². The van der Waals surface area contributed by atoms with Gasteiger partial charge in [0.15, 0.2) is 0 Å². The van der Waals surface area contributed by atoms with Crippen molar-refractivity contribution in [3.8, 4) is 0 Å². The zero-order chi connectivity index (χ0) is 15.5. The third-order valence-electron chi connectivity index (χ3n) is 4.25. The molecule has 0 saturated heterocycles. The number of rotatable bonds is 4. The second-order valence-electron chi connectivity index (χ2n) is 6.38. The summed E-state index contributed by atoms with van der Waals surface area (Å²) in [7, 11) is 0. The number of hydrogen-bond acceptors (Lipinski definition) is 3. The Morgan fingerprint density at radius 1 is 1.38 bits per heavy atom. The van der Waals surface area contributed by atoms with Crippen LogP contribution in [0.1, 0.15) is 45.2 Å². The van der Waals surface area contributed by atoms with Crippen molar-refractivity contribution in [2.24, 2.45) is 11.3 Å². The van der Waals surface area contributed by atoms with E-state index in [1.807, 2.05) is 0 Å². The van der Waals surface area contributed by atoms with Gasteiger partial charge >= 0.3 is 5.97 Å². The maximum atomic E-state index is 12.4. The molecule has 114 valence electrons. The molecule has 1 atom stereocenters. The fourth-order valence-electron chi connectivity index (χ4n) is 2.97. The number of anilines is 1. The van der Waals surface area contributed by atoms with Gasteiger partial charge in [0.1, 0.15) is 0 Å². The Hall–Kier alpha value is -1.91. The van der Waals surface area contributed by atoms with Gasteiger partial charge < -0.3 is 10.4 Å². The molecule has 1 amide bonds. The molecular formula is C16H22N2O3. The number of aromatic nitrogens is 1. The molecule has 1 saturated carbocycles. The summed E-state index contributed by atoms with van der Waals surface area (Å²) in [6.45, 7) is 4.29. The van der Waals surface area contributed by atoms with Gasteiger partial charge in [0.05, 0.1) is 24.0 Å². The Balaban J connectivity index is 2.00. The molecule has 1 aromatic rings. The minimum absolute atomic E-state index is 0.0185. The van der Waals surface area contributed by atoms with Gasteiger partial charge in [-0.2, -0.15) is 0 Å². The molecule has 1 heterocycles. The summed E-state index contributed by atoms with van der Waals surface area (Å²) in [6, 6.07) is 3.34. The van der Waals surface area contributed by atoms with E-state index >= 15 is 0 Å². The number of carbonyl (C=O) groups excluding carboxylic acids is 1. The Bertz CT molecular complexity index is 523. The Morgan fingerprint density at radius 3 is 2.71 bits per heavy atom. The molecule has 5 nitrogen and oxygen atoms in total. The number of carbonyl (C=O) groups is 2. The van der Waals surface area contributed by atoms with Gasteiger partial charge in [0, 0.05) is 5.92 Å². The fourth-order valence-corrected chi connectivity index (χ4v) is 2.97. The predicted molar refractivity (Wildman–Crippen MR) is 79.9 cm³/mol. The average Bonchev–Trinajstić information content (AvgIpc) is 2.39. The smallest absolute Gasteiger partial charge is 0.309 e. The van der Waals surface area contributed by atoms with E-state index in [1.165, 1.54) is 12.6 Å². The minimum Gasteiger partial charge on any atom is -0.481 e. The Kier molecular flexibility index (Phi) is 4.60. The summed E-state index contributed by atoms with van der Waals surface area (Å²) < 4.78 is 0. The van der Waals surface area contributed by atoms with Crippen LogP contribution in [0.3, 0.4) is 0 Å².